The van der Waals surface area contributed by atoms with Gasteiger partial charge in [-0.3, -0.25) is 9.78 Å². The van der Waals surface area contributed by atoms with E-state index in [-0.39, 0.29) is 5.82 Å². The second-order valence-corrected chi connectivity index (χ2v) is 7.21. The lowest BCUT2D eigenvalue weighted by atomic mass is 9.91. The Hall–Kier alpha value is -4.43. The van der Waals surface area contributed by atoms with Crippen molar-refractivity contribution in [3.8, 4) is 11.1 Å². The highest BCUT2D eigenvalue weighted by molar-refractivity contribution is 6.00. The van der Waals surface area contributed by atoms with Crippen molar-refractivity contribution in [3.63, 3.8) is 0 Å². The summed E-state index contributed by atoms with van der Waals surface area (Å²) in [5.41, 5.74) is 1.16. The van der Waals surface area contributed by atoms with E-state index in [0.29, 0.717) is 11.3 Å². The number of hydrogen-bond donors (Lipinski definition) is 3. The average Bonchev–Trinajstić information content (AvgIpc) is 3.39. The van der Waals surface area contributed by atoms with Gasteiger partial charge in [0.25, 0.3) is 5.91 Å². The van der Waals surface area contributed by atoms with Crippen LogP contribution in [0.15, 0.2) is 91.6 Å². The molecule has 1 amide bonds. The fraction of sp³-hybridized carbons (Fsp3) is 0.0417. The van der Waals surface area contributed by atoms with Gasteiger partial charge in [0.1, 0.15) is 0 Å². The maximum Gasteiger partial charge on any atom is 0.269 e. The van der Waals surface area contributed by atoms with Crippen molar-refractivity contribution in [2.45, 2.75) is 5.60 Å². The van der Waals surface area contributed by atoms with Gasteiger partial charge in [-0.2, -0.15) is 10.2 Å². The average molecular weight is 422 g/mol. The third kappa shape index (κ3) is 3.38. The summed E-state index contributed by atoms with van der Waals surface area (Å²) < 4.78 is 0. The van der Waals surface area contributed by atoms with Gasteiger partial charge in [-0.05, 0) is 12.1 Å². The lowest BCUT2D eigenvalue weighted by Gasteiger charge is -2.25. The monoisotopic (exact) mass is 422 g/mol. The minimum Gasteiger partial charge on any atom is -0.369 e. The first-order chi connectivity index (χ1) is 15.7. The molecular weight excluding hydrogens is 404 g/mol. The number of pyridine rings is 1. The molecule has 1 atom stereocenters. The Bertz CT molecular complexity index is 1380. The Kier molecular flexibility index (Phi) is 4.89. The van der Waals surface area contributed by atoms with Crippen LogP contribution >= 0.6 is 0 Å². The molecule has 32 heavy (non-hydrogen) atoms. The van der Waals surface area contributed by atoms with Crippen molar-refractivity contribution in [2.75, 3.05) is 5.32 Å². The van der Waals surface area contributed by atoms with E-state index in [4.69, 9.17) is 0 Å². The number of aromatic amines is 1. The number of benzene rings is 2. The first-order valence-electron chi connectivity index (χ1n) is 9.91. The third-order valence-corrected chi connectivity index (χ3v) is 5.21. The standard InChI is InChI=1S/C24H18N6O2/c31-23(24(32,22-26-10-11-27-22)17-6-2-1-3-7-17)29-18-12-16(13-25-14-18)20-15-28-30-21-9-5-4-8-19(20)21/h1-15,32H,(H,26,27)(H,29,31). The molecule has 0 saturated heterocycles. The van der Waals surface area contributed by atoms with E-state index in [1.54, 1.807) is 48.9 Å². The van der Waals surface area contributed by atoms with Gasteiger partial charge < -0.3 is 15.4 Å². The van der Waals surface area contributed by atoms with Gasteiger partial charge in [0.15, 0.2) is 5.82 Å². The highest BCUT2D eigenvalue weighted by Crippen LogP contribution is 2.31. The van der Waals surface area contributed by atoms with Crippen molar-refractivity contribution in [1.29, 1.82) is 0 Å². The minimum atomic E-state index is -2.01. The van der Waals surface area contributed by atoms with Crippen molar-refractivity contribution < 1.29 is 9.90 Å². The topological polar surface area (TPSA) is 117 Å². The molecule has 0 radical (unpaired) electrons. The predicted octanol–water partition coefficient (Wildman–Crippen LogP) is 3.29. The molecule has 0 aliphatic rings. The Balaban J connectivity index is 1.52. The second kappa shape index (κ2) is 8.01. The van der Waals surface area contributed by atoms with Crippen LogP contribution in [0.4, 0.5) is 5.69 Å². The summed E-state index contributed by atoms with van der Waals surface area (Å²) in [6.45, 7) is 0. The number of nitrogens with one attached hydrogen (secondary N) is 2. The first-order valence-corrected chi connectivity index (χ1v) is 9.91. The summed E-state index contributed by atoms with van der Waals surface area (Å²) in [4.78, 5) is 24.6. The van der Waals surface area contributed by atoms with Gasteiger partial charge in [-0.15, -0.1) is 0 Å². The first kappa shape index (κ1) is 19.5. The van der Waals surface area contributed by atoms with Crippen molar-refractivity contribution in [2.24, 2.45) is 0 Å². The highest BCUT2D eigenvalue weighted by Gasteiger charge is 2.42. The Morgan fingerprint density at radius 1 is 1.00 bits per heavy atom. The van der Waals surface area contributed by atoms with Crippen LogP contribution in [0.3, 0.4) is 0 Å². The molecule has 0 fully saturated rings. The molecule has 5 aromatic rings. The number of aromatic nitrogens is 5. The fourth-order valence-electron chi connectivity index (χ4n) is 3.63. The molecule has 0 spiro atoms. The van der Waals surface area contributed by atoms with Gasteiger partial charge in [-0.25, -0.2) is 4.98 Å². The van der Waals surface area contributed by atoms with Gasteiger partial charge in [0.2, 0.25) is 5.60 Å². The Labute approximate surface area is 183 Å². The van der Waals surface area contributed by atoms with E-state index in [9.17, 15) is 9.90 Å². The van der Waals surface area contributed by atoms with Crippen molar-refractivity contribution in [1.82, 2.24) is 25.1 Å². The van der Waals surface area contributed by atoms with Crippen LogP contribution in [0.2, 0.25) is 0 Å². The number of amides is 1. The summed E-state index contributed by atoms with van der Waals surface area (Å²) in [6, 6.07) is 18.1. The Morgan fingerprint density at radius 3 is 2.62 bits per heavy atom. The third-order valence-electron chi connectivity index (χ3n) is 5.21. The molecule has 5 rings (SSSR count). The van der Waals surface area contributed by atoms with E-state index in [2.05, 4.69) is 30.5 Å². The lowest BCUT2D eigenvalue weighted by molar-refractivity contribution is -0.131. The molecular formula is C24H18N6O2. The van der Waals surface area contributed by atoms with Crippen LogP contribution in [0.25, 0.3) is 22.0 Å². The number of carbonyl (C=O) groups excluding carboxylic acids is 1. The fourth-order valence-corrected chi connectivity index (χ4v) is 3.63. The van der Waals surface area contributed by atoms with Crippen LogP contribution in [0.1, 0.15) is 11.4 Å². The molecule has 0 aliphatic heterocycles. The van der Waals surface area contributed by atoms with Crippen molar-refractivity contribution >= 4 is 22.5 Å². The molecule has 3 aromatic heterocycles. The molecule has 1 unspecified atom stereocenters. The maximum atomic E-state index is 13.3. The predicted molar refractivity (Wildman–Crippen MR) is 119 cm³/mol. The minimum absolute atomic E-state index is 0.120. The van der Waals surface area contributed by atoms with E-state index in [1.807, 2.05) is 30.3 Å². The highest BCUT2D eigenvalue weighted by atomic mass is 16.3. The smallest absolute Gasteiger partial charge is 0.269 e. The number of imidazole rings is 1. The molecule has 8 heteroatoms. The normalized spacial score (nSPS) is 12.9. The van der Waals surface area contributed by atoms with Gasteiger partial charge in [0, 0.05) is 40.7 Å². The van der Waals surface area contributed by atoms with Crippen LogP contribution in [-0.4, -0.2) is 36.2 Å². The van der Waals surface area contributed by atoms with Gasteiger partial charge >= 0.3 is 0 Å². The summed E-state index contributed by atoms with van der Waals surface area (Å²) in [6.07, 6.45) is 7.91. The van der Waals surface area contributed by atoms with Crippen LogP contribution in [0.5, 0.6) is 0 Å². The molecule has 3 heterocycles. The molecule has 0 aliphatic carbocycles. The number of nitrogens with zero attached hydrogens (tertiary/aromatic N) is 4. The molecule has 156 valence electrons. The maximum absolute atomic E-state index is 13.3. The Morgan fingerprint density at radius 2 is 1.81 bits per heavy atom. The van der Waals surface area contributed by atoms with Gasteiger partial charge in [0.05, 0.1) is 23.6 Å². The van der Waals surface area contributed by atoms with E-state index >= 15 is 0 Å². The van der Waals surface area contributed by atoms with Crippen LogP contribution in [-0.2, 0) is 10.4 Å². The zero-order valence-corrected chi connectivity index (χ0v) is 16.8. The number of aliphatic hydroxyl groups is 1. The number of fused-ring (bicyclic) bond motifs is 1. The zero-order valence-electron chi connectivity index (χ0n) is 16.8. The lowest BCUT2D eigenvalue weighted by Crippen LogP contribution is -2.42. The molecule has 8 nitrogen and oxygen atoms in total. The quantitative estimate of drug-likeness (QED) is 0.400. The van der Waals surface area contributed by atoms with E-state index < -0.39 is 11.5 Å². The zero-order chi connectivity index (χ0) is 22.0. The molecule has 2 aromatic carbocycles. The SMILES string of the molecule is O=C(Nc1cncc(-c2cnnc3ccccc23)c1)C(O)(c1ccccc1)c1ncc[nH]1. The van der Waals surface area contributed by atoms with Crippen LogP contribution < -0.4 is 5.32 Å². The second-order valence-electron chi connectivity index (χ2n) is 7.21. The molecule has 0 saturated carbocycles. The summed E-state index contributed by atoms with van der Waals surface area (Å²) in [5.74, 6) is -0.537. The number of anilines is 1. The number of carbonyl (C=O) groups is 1. The molecule has 0 bridgehead atoms. The number of hydrogen-bond acceptors (Lipinski definition) is 6. The van der Waals surface area contributed by atoms with E-state index in [0.717, 1.165) is 22.0 Å². The summed E-state index contributed by atoms with van der Waals surface area (Å²) in [7, 11) is 0. The number of rotatable bonds is 5. The van der Waals surface area contributed by atoms with E-state index in [1.165, 1.54) is 12.4 Å². The summed E-state index contributed by atoms with van der Waals surface area (Å²) in [5, 5.41) is 23.4. The van der Waals surface area contributed by atoms with Crippen molar-refractivity contribution in [3.05, 3.63) is 103 Å². The summed E-state index contributed by atoms with van der Waals surface area (Å²) >= 11 is 0. The number of H-pyrrole nitrogens is 1. The van der Waals surface area contributed by atoms with Crippen LogP contribution in [0, 0.1) is 0 Å². The van der Waals surface area contributed by atoms with Gasteiger partial charge in [-0.1, -0.05) is 48.5 Å². The largest absolute Gasteiger partial charge is 0.369 e. The molecule has 3 N–H and O–H groups in total.